The first-order valence-corrected chi connectivity index (χ1v) is 10.1. The lowest BCUT2D eigenvalue weighted by atomic mass is 10.2. The number of anilines is 1. The van der Waals surface area contributed by atoms with Crippen LogP contribution in [0, 0.1) is 0 Å². The number of rotatable bonds is 10. The SMILES string of the molecule is CN=C(NCCCCOCCOC)NC1CCN(c2ccccc2Br)C1.I. The van der Waals surface area contributed by atoms with E-state index in [1.54, 1.807) is 7.11 Å². The lowest BCUT2D eigenvalue weighted by molar-refractivity contribution is 0.0689. The summed E-state index contributed by atoms with van der Waals surface area (Å²) in [4.78, 5) is 6.75. The van der Waals surface area contributed by atoms with Crippen LogP contribution in [0.4, 0.5) is 5.69 Å². The topological polar surface area (TPSA) is 58.1 Å². The number of nitrogens with zero attached hydrogens (tertiary/aromatic N) is 2. The molecule has 1 heterocycles. The van der Waals surface area contributed by atoms with Gasteiger partial charge in [-0.1, -0.05) is 12.1 Å². The number of aliphatic imine (C=N–C) groups is 1. The number of hydrogen-bond acceptors (Lipinski definition) is 4. The van der Waals surface area contributed by atoms with Crippen molar-refractivity contribution in [1.29, 1.82) is 0 Å². The third-order valence-corrected chi connectivity index (χ3v) is 5.06. The van der Waals surface area contributed by atoms with Gasteiger partial charge < -0.3 is 25.0 Å². The van der Waals surface area contributed by atoms with Gasteiger partial charge in [-0.15, -0.1) is 24.0 Å². The molecule has 0 amide bonds. The van der Waals surface area contributed by atoms with Crippen molar-refractivity contribution in [3.05, 3.63) is 28.7 Å². The van der Waals surface area contributed by atoms with Gasteiger partial charge in [0.25, 0.3) is 0 Å². The molecular formula is C19H32BrIN4O2. The molecular weight excluding hydrogens is 523 g/mol. The summed E-state index contributed by atoms with van der Waals surface area (Å²) >= 11 is 3.64. The highest BCUT2D eigenvalue weighted by atomic mass is 127. The second-order valence-corrected chi connectivity index (χ2v) is 7.19. The maximum atomic E-state index is 5.47. The van der Waals surface area contributed by atoms with Crippen LogP contribution < -0.4 is 15.5 Å². The quantitative estimate of drug-likeness (QED) is 0.201. The molecule has 1 unspecified atom stereocenters. The molecule has 1 fully saturated rings. The van der Waals surface area contributed by atoms with Gasteiger partial charge >= 0.3 is 0 Å². The van der Waals surface area contributed by atoms with Crippen LogP contribution in [0.15, 0.2) is 33.7 Å². The summed E-state index contributed by atoms with van der Waals surface area (Å²) in [5.41, 5.74) is 1.26. The first-order chi connectivity index (χ1) is 12.7. The van der Waals surface area contributed by atoms with Gasteiger partial charge in [0.15, 0.2) is 5.96 Å². The summed E-state index contributed by atoms with van der Waals surface area (Å²) in [7, 11) is 3.51. The summed E-state index contributed by atoms with van der Waals surface area (Å²) in [6.45, 7) is 5.04. The zero-order valence-corrected chi connectivity index (χ0v) is 20.2. The normalized spacial score (nSPS) is 16.9. The van der Waals surface area contributed by atoms with E-state index in [1.165, 1.54) is 5.69 Å². The van der Waals surface area contributed by atoms with Gasteiger partial charge in [0, 0.05) is 50.9 Å². The maximum absolute atomic E-state index is 5.47. The van der Waals surface area contributed by atoms with E-state index in [9.17, 15) is 0 Å². The number of para-hydroxylation sites is 1. The lowest BCUT2D eigenvalue weighted by Gasteiger charge is -2.21. The average Bonchev–Trinajstić information content (AvgIpc) is 3.11. The van der Waals surface area contributed by atoms with Gasteiger partial charge in [0.2, 0.25) is 0 Å². The van der Waals surface area contributed by atoms with E-state index in [-0.39, 0.29) is 24.0 Å². The smallest absolute Gasteiger partial charge is 0.191 e. The first kappa shape index (κ1) is 24.5. The number of guanidine groups is 1. The molecule has 0 radical (unpaired) electrons. The fourth-order valence-corrected chi connectivity index (χ4v) is 3.51. The molecule has 2 N–H and O–H groups in total. The van der Waals surface area contributed by atoms with Gasteiger partial charge in [-0.2, -0.15) is 0 Å². The van der Waals surface area contributed by atoms with E-state index in [4.69, 9.17) is 9.47 Å². The Morgan fingerprint density at radius 2 is 2.07 bits per heavy atom. The lowest BCUT2D eigenvalue weighted by Crippen LogP contribution is -2.44. The predicted octanol–water partition coefficient (Wildman–Crippen LogP) is 3.25. The number of halogens is 2. The molecule has 1 saturated heterocycles. The second-order valence-electron chi connectivity index (χ2n) is 6.34. The van der Waals surface area contributed by atoms with E-state index >= 15 is 0 Å². The Labute approximate surface area is 188 Å². The molecule has 6 nitrogen and oxygen atoms in total. The summed E-state index contributed by atoms with van der Waals surface area (Å²) in [5.74, 6) is 0.879. The standard InChI is InChI=1S/C19H31BrN4O2.HI/c1-21-19(22-10-5-6-12-26-14-13-25-2)23-16-9-11-24(15-16)18-8-4-3-7-17(18)20;/h3-4,7-8,16H,5-6,9-15H2,1-2H3,(H2,21,22,23);1H. The number of ether oxygens (including phenoxy) is 2. The number of nitrogens with one attached hydrogen (secondary N) is 2. The van der Waals surface area contributed by atoms with Crippen molar-refractivity contribution >= 4 is 51.6 Å². The van der Waals surface area contributed by atoms with Gasteiger partial charge in [-0.05, 0) is 47.3 Å². The van der Waals surface area contributed by atoms with Crippen molar-refractivity contribution in [3.63, 3.8) is 0 Å². The molecule has 0 saturated carbocycles. The summed E-state index contributed by atoms with van der Waals surface area (Å²) < 4.78 is 11.6. The van der Waals surface area contributed by atoms with Crippen LogP contribution in [0.5, 0.6) is 0 Å². The Kier molecular flexibility index (Phi) is 13.1. The van der Waals surface area contributed by atoms with Crippen LogP contribution in [0.3, 0.4) is 0 Å². The van der Waals surface area contributed by atoms with Crippen molar-refractivity contribution < 1.29 is 9.47 Å². The van der Waals surface area contributed by atoms with E-state index in [0.717, 1.165) is 55.9 Å². The summed E-state index contributed by atoms with van der Waals surface area (Å²) in [6, 6.07) is 8.79. The Hall–Kier alpha value is -0.580. The summed E-state index contributed by atoms with van der Waals surface area (Å²) in [6.07, 6.45) is 3.20. The van der Waals surface area contributed by atoms with Crippen molar-refractivity contribution in [2.75, 3.05) is 58.5 Å². The van der Waals surface area contributed by atoms with Crippen molar-refractivity contribution in [3.8, 4) is 0 Å². The highest BCUT2D eigenvalue weighted by molar-refractivity contribution is 14.0. The number of hydrogen-bond donors (Lipinski definition) is 2. The minimum atomic E-state index is 0. The molecule has 0 spiro atoms. The molecule has 2 rings (SSSR count). The number of benzene rings is 1. The van der Waals surface area contributed by atoms with Gasteiger partial charge in [0.05, 0.1) is 18.9 Å². The molecule has 1 atom stereocenters. The van der Waals surface area contributed by atoms with Gasteiger partial charge in [-0.25, -0.2) is 0 Å². The van der Waals surface area contributed by atoms with E-state index in [0.29, 0.717) is 19.3 Å². The zero-order chi connectivity index (χ0) is 18.6. The first-order valence-electron chi connectivity index (χ1n) is 9.28. The average molecular weight is 555 g/mol. The van der Waals surface area contributed by atoms with E-state index in [1.807, 2.05) is 13.1 Å². The Morgan fingerprint density at radius 1 is 1.26 bits per heavy atom. The molecule has 0 aromatic heterocycles. The Balaban J connectivity index is 0.00000364. The van der Waals surface area contributed by atoms with Gasteiger partial charge in [0.1, 0.15) is 0 Å². The molecule has 1 aromatic rings. The zero-order valence-electron chi connectivity index (χ0n) is 16.2. The van der Waals surface area contributed by atoms with Crippen LogP contribution in [0.1, 0.15) is 19.3 Å². The van der Waals surface area contributed by atoms with Crippen molar-refractivity contribution in [2.45, 2.75) is 25.3 Å². The van der Waals surface area contributed by atoms with Crippen molar-refractivity contribution in [1.82, 2.24) is 10.6 Å². The van der Waals surface area contributed by atoms with Crippen LogP contribution in [-0.4, -0.2) is 65.6 Å². The second kappa shape index (κ2) is 14.4. The van der Waals surface area contributed by atoms with Gasteiger partial charge in [-0.3, -0.25) is 4.99 Å². The van der Waals surface area contributed by atoms with Crippen molar-refractivity contribution in [2.24, 2.45) is 4.99 Å². The fraction of sp³-hybridized carbons (Fsp3) is 0.632. The maximum Gasteiger partial charge on any atom is 0.191 e. The molecule has 0 aliphatic carbocycles. The Morgan fingerprint density at radius 3 is 2.81 bits per heavy atom. The molecule has 1 aliphatic heterocycles. The Bertz CT molecular complexity index is 562. The highest BCUT2D eigenvalue weighted by Crippen LogP contribution is 2.28. The minimum absolute atomic E-state index is 0. The molecule has 1 aliphatic rings. The minimum Gasteiger partial charge on any atom is -0.382 e. The van der Waals surface area contributed by atoms with Crippen LogP contribution in [0.25, 0.3) is 0 Å². The van der Waals surface area contributed by atoms with Crippen LogP contribution >= 0.6 is 39.9 Å². The number of methoxy groups -OCH3 is 1. The summed E-state index contributed by atoms with van der Waals surface area (Å²) in [5, 5.41) is 6.93. The molecule has 0 bridgehead atoms. The van der Waals surface area contributed by atoms with Crippen LogP contribution in [0.2, 0.25) is 0 Å². The third kappa shape index (κ3) is 8.97. The van der Waals surface area contributed by atoms with Crippen LogP contribution in [-0.2, 0) is 9.47 Å². The van der Waals surface area contributed by atoms with E-state index in [2.05, 4.69) is 54.7 Å². The largest absolute Gasteiger partial charge is 0.382 e. The van der Waals surface area contributed by atoms with E-state index < -0.39 is 0 Å². The molecule has 154 valence electrons. The number of unbranched alkanes of at least 4 members (excludes halogenated alkanes) is 1. The third-order valence-electron chi connectivity index (χ3n) is 4.39. The predicted molar refractivity (Wildman–Crippen MR) is 127 cm³/mol. The molecule has 1 aromatic carbocycles. The molecule has 27 heavy (non-hydrogen) atoms. The molecule has 8 heteroatoms. The fourth-order valence-electron chi connectivity index (χ4n) is 2.97. The highest BCUT2D eigenvalue weighted by Gasteiger charge is 2.24. The monoisotopic (exact) mass is 554 g/mol.